The molecule has 0 aliphatic carbocycles. The van der Waals surface area contributed by atoms with Crippen LogP contribution < -0.4 is 10.1 Å². The van der Waals surface area contributed by atoms with Gasteiger partial charge in [-0.25, -0.2) is 4.98 Å². The number of aryl methyl sites for hydroxylation is 2. The molecule has 0 bridgehead atoms. The average Bonchev–Trinajstić information content (AvgIpc) is 3.23. The molecule has 31 heavy (non-hydrogen) atoms. The highest BCUT2D eigenvalue weighted by atomic mass is 32.2. The number of carbonyl (C=O) groups excluding carboxylic acids is 1. The molecule has 0 aliphatic rings. The molecular formula is C23H22N4O3S. The number of aromatic nitrogens is 3. The van der Waals surface area contributed by atoms with Crippen molar-refractivity contribution < 1.29 is 14.1 Å². The molecule has 0 fully saturated rings. The Morgan fingerprint density at radius 2 is 1.90 bits per heavy atom. The Labute approximate surface area is 184 Å². The topological polar surface area (TPSA) is 90.1 Å². The van der Waals surface area contributed by atoms with E-state index in [9.17, 15) is 4.79 Å². The van der Waals surface area contributed by atoms with Crippen molar-refractivity contribution in [2.75, 3.05) is 12.9 Å². The van der Waals surface area contributed by atoms with Crippen molar-refractivity contribution in [3.05, 3.63) is 65.5 Å². The molecule has 0 unspecified atom stereocenters. The van der Waals surface area contributed by atoms with Crippen molar-refractivity contribution in [1.29, 1.82) is 0 Å². The molecule has 0 saturated carbocycles. The summed E-state index contributed by atoms with van der Waals surface area (Å²) < 4.78 is 11.1. The van der Waals surface area contributed by atoms with Gasteiger partial charge in [0.15, 0.2) is 6.61 Å². The van der Waals surface area contributed by atoms with Crippen LogP contribution in [0.2, 0.25) is 0 Å². The van der Waals surface area contributed by atoms with Crippen molar-refractivity contribution >= 4 is 28.8 Å². The minimum atomic E-state index is -0.245. The second-order valence-electron chi connectivity index (χ2n) is 7.10. The Morgan fingerprint density at radius 1 is 1.10 bits per heavy atom. The van der Waals surface area contributed by atoms with E-state index in [2.05, 4.69) is 20.4 Å². The van der Waals surface area contributed by atoms with Gasteiger partial charge in [0.05, 0.1) is 0 Å². The molecule has 0 radical (unpaired) electrons. The summed E-state index contributed by atoms with van der Waals surface area (Å²) in [7, 11) is 0. The second kappa shape index (κ2) is 9.18. The fourth-order valence-corrected chi connectivity index (χ4v) is 3.49. The predicted molar refractivity (Wildman–Crippen MR) is 120 cm³/mol. The number of benzene rings is 2. The molecule has 7 nitrogen and oxygen atoms in total. The molecule has 8 heteroatoms. The lowest BCUT2D eigenvalue weighted by Crippen LogP contribution is -2.28. The van der Waals surface area contributed by atoms with Gasteiger partial charge in [-0.2, -0.15) is 4.98 Å². The van der Waals surface area contributed by atoms with E-state index in [0.29, 0.717) is 23.3 Å². The van der Waals surface area contributed by atoms with Crippen LogP contribution in [0.15, 0.2) is 58.2 Å². The van der Waals surface area contributed by atoms with Gasteiger partial charge in [-0.05, 0) is 55.0 Å². The number of carbonyl (C=O) groups is 1. The third kappa shape index (κ3) is 4.69. The molecule has 0 atom stereocenters. The maximum Gasteiger partial charge on any atom is 0.265 e. The first-order chi connectivity index (χ1) is 15.0. The van der Waals surface area contributed by atoms with Crippen LogP contribution in [0, 0.1) is 13.8 Å². The number of nitrogens with zero attached hydrogens (tertiary/aromatic N) is 3. The van der Waals surface area contributed by atoms with Crippen LogP contribution in [0.4, 0.5) is 0 Å². The number of ether oxygens (including phenoxy) is 1. The molecule has 0 aliphatic heterocycles. The van der Waals surface area contributed by atoms with E-state index in [1.54, 1.807) is 11.8 Å². The van der Waals surface area contributed by atoms with E-state index in [1.165, 1.54) is 16.8 Å². The summed E-state index contributed by atoms with van der Waals surface area (Å²) in [6, 6.07) is 14.1. The maximum atomic E-state index is 12.3. The van der Waals surface area contributed by atoms with Crippen molar-refractivity contribution in [3.8, 4) is 17.1 Å². The van der Waals surface area contributed by atoms with E-state index in [1.807, 2.05) is 62.6 Å². The van der Waals surface area contributed by atoms with Crippen molar-refractivity contribution in [2.24, 2.45) is 0 Å². The lowest BCUT2D eigenvalue weighted by Gasteiger charge is -2.08. The quantitative estimate of drug-likeness (QED) is 0.433. The van der Waals surface area contributed by atoms with Gasteiger partial charge in [-0.15, -0.1) is 11.8 Å². The van der Waals surface area contributed by atoms with Crippen LogP contribution in [0.25, 0.3) is 22.4 Å². The second-order valence-corrected chi connectivity index (χ2v) is 7.98. The van der Waals surface area contributed by atoms with Gasteiger partial charge in [-0.3, -0.25) is 4.79 Å². The number of thioether (sulfide) groups is 1. The average molecular weight is 435 g/mol. The monoisotopic (exact) mass is 434 g/mol. The van der Waals surface area contributed by atoms with Gasteiger partial charge >= 0.3 is 0 Å². The number of hydrogen-bond donors (Lipinski definition) is 1. The van der Waals surface area contributed by atoms with E-state index < -0.39 is 0 Å². The van der Waals surface area contributed by atoms with Crippen LogP contribution >= 0.6 is 11.8 Å². The molecule has 158 valence electrons. The van der Waals surface area contributed by atoms with Crippen molar-refractivity contribution in [2.45, 2.75) is 25.3 Å². The summed E-state index contributed by atoms with van der Waals surface area (Å²) in [5.74, 6) is 0.0174. The summed E-state index contributed by atoms with van der Waals surface area (Å²) >= 11 is 1.68. The fourth-order valence-electron chi connectivity index (χ4n) is 3.08. The predicted octanol–water partition coefficient (Wildman–Crippen LogP) is 4.32. The molecule has 2 aromatic heterocycles. The highest BCUT2D eigenvalue weighted by molar-refractivity contribution is 7.98. The zero-order chi connectivity index (χ0) is 21.8. The molecule has 2 heterocycles. The minimum Gasteiger partial charge on any atom is -0.467 e. The Bertz CT molecular complexity index is 1220. The van der Waals surface area contributed by atoms with Crippen LogP contribution in [-0.2, 0) is 11.3 Å². The Kier molecular flexibility index (Phi) is 6.18. The summed E-state index contributed by atoms with van der Waals surface area (Å²) in [5, 5.41) is 7.56. The molecule has 0 spiro atoms. The SMILES string of the molecule is CSc1ccc(CNC(=O)COc2ncnc3onc(-c4ccc(C)c(C)c4)c23)cc1. The number of rotatable bonds is 7. The van der Waals surface area contributed by atoms with E-state index in [4.69, 9.17) is 9.26 Å². The summed E-state index contributed by atoms with van der Waals surface area (Å²) in [6.45, 7) is 4.34. The Balaban J connectivity index is 1.47. The third-order valence-corrected chi connectivity index (χ3v) is 5.75. The molecule has 0 saturated heterocycles. The zero-order valence-corrected chi connectivity index (χ0v) is 18.3. The first-order valence-corrected chi connectivity index (χ1v) is 11.0. The smallest absolute Gasteiger partial charge is 0.265 e. The van der Waals surface area contributed by atoms with Gasteiger partial charge in [-0.1, -0.05) is 29.4 Å². The molecule has 4 aromatic rings. The summed E-state index contributed by atoms with van der Waals surface area (Å²) in [5.41, 5.74) is 5.11. The van der Waals surface area contributed by atoms with E-state index in [-0.39, 0.29) is 18.4 Å². The highest BCUT2D eigenvalue weighted by Crippen LogP contribution is 2.33. The third-order valence-electron chi connectivity index (χ3n) is 5.01. The molecule has 4 rings (SSSR count). The highest BCUT2D eigenvalue weighted by Gasteiger charge is 2.19. The summed E-state index contributed by atoms with van der Waals surface area (Å²) in [4.78, 5) is 21.8. The summed E-state index contributed by atoms with van der Waals surface area (Å²) in [6.07, 6.45) is 3.36. The van der Waals surface area contributed by atoms with Gasteiger partial charge in [0.2, 0.25) is 5.88 Å². The Morgan fingerprint density at radius 3 is 2.65 bits per heavy atom. The van der Waals surface area contributed by atoms with Crippen LogP contribution in [-0.4, -0.2) is 33.9 Å². The van der Waals surface area contributed by atoms with Crippen LogP contribution in [0.3, 0.4) is 0 Å². The molecule has 2 aromatic carbocycles. The zero-order valence-electron chi connectivity index (χ0n) is 17.5. The number of hydrogen-bond acceptors (Lipinski definition) is 7. The van der Waals surface area contributed by atoms with Crippen LogP contribution in [0.1, 0.15) is 16.7 Å². The van der Waals surface area contributed by atoms with Gasteiger partial charge < -0.3 is 14.6 Å². The standard InChI is InChI=1S/C23H22N4O3S/c1-14-4-7-17(10-15(14)2)21-20-22(25-13-26-23(20)30-27-21)29-12-19(28)24-11-16-5-8-18(31-3)9-6-16/h4-10,13H,11-12H2,1-3H3,(H,24,28). The van der Waals surface area contributed by atoms with Crippen LogP contribution in [0.5, 0.6) is 5.88 Å². The first kappa shape index (κ1) is 20.9. The van der Waals surface area contributed by atoms with Gasteiger partial charge in [0, 0.05) is 17.0 Å². The fraction of sp³-hybridized carbons (Fsp3) is 0.217. The molecule has 1 amide bonds. The largest absolute Gasteiger partial charge is 0.467 e. The first-order valence-electron chi connectivity index (χ1n) is 9.75. The number of fused-ring (bicyclic) bond motifs is 1. The minimum absolute atomic E-state index is 0.174. The maximum absolute atomic E-state index is 12.3. The molecule has 1 N–H and O–H groups in total. The van der Waals surface area contributed by atoms with Crippen molar-refractivity contribution in [1.82, 2.24) is 20.4 Å². The van der Waals surface area contributed by atoms with E-state index in [0.717, 1.165) is 16.7 Å². The Hall–Kier alpha value is -3.39. The number of amides is 1. The van der Waals surface area contributed by atoms with Gasteiger partial charge in [0.25, 0.3) is 11.6 Å². The van der Waals surface area contributed by atoms with Crippen molar-refractivity contribution in [3.63, 3.8) is 0 Å². The number of nitrogens with one attached hydrogen (secondary N) is 1. The lowest BCUT2D eigenvalue weighted by molar-refractivity contribution is -0.123. The normalized spacial score (nSPS) is 10.9. The van der Waals surface area contributed by atoms with Gasteiger partial charge in [0.1, 0.15) is 17.4 Å². The van der Waals surface area contributed by atoms with E-state index >= 15 is 0 Å². The lowest BCUT2D eigenvalue weighted by atomic mass is 10.0. The molecular weight excluding hydrogens is 412 g/mol.